The number of halogens is 1. The van der Waals surface area contributed by atoms with Crippen LogP contribution in [0, 0.1) is 5.41 Å². The van der Waals surface area contributed by atoms with Crippen LogP contribution in [0.4, 0.5) is 11.4 Å². The highest BCUT2D eigenvalue weighted by atomic mass is 35.5. The molecule has 0 spiro atoms. The fourth-order valence-electron chi connectivity index (χ4n) is 3.54. The van der Waals surface area contributed by atoms with Gasteiger partial charge in [-0.15, -0.1) is 0 Å². The highest BCUT2D eigenvalue weighted by molar-refractivity contribution is 6.34. The fraction of sp³-hybridized carbons (Fsp3) is 0.310. The van der Waals surface area contributed by atoms with Crippen LogP contribution < -0.4 is 5.32 Å². The molecule has 1 aliphatic rings. The van der Waals surface area contributed by atoms with E-state index in [-0.39, 0.29) is 6.23 Å². The van der Waals surface area contributed by atoms with Crippen molar-refractivity contribution in [1.82, 2.24) is 0 Å². The van der Waals surface area contributed by atoms with Crippen LogP contribution in [0.3, 0.4) is 0 Å². The molecule has 1 atom stereocenters. The number of aliphatic imine (C=N–C) groups is 1. The van der Waals surface area contributed by atoms with E-state index in [2.05, 4.69) is 5.32 Å². The fourth-order valence-corrected chi connectivity index (χ4v) is 3.75. The molecule has 180 valence electrons. The van der Waals surface area contributed by atoms with Crippen molar-refractivity contribution in [1.29, 1.82) is 5.41 Å². The van der Waals surface area contributed by atoms with Crippen molar-refractivity contribution in [2.75, 3.05) is 11.9 Å². The highest BCUT2D eigenvalue weighted by Crippen LogP contribution is 2.33. The summed E-state index contributed by atoms with van der Waals surface area (Å²) in [6.45, 7) is 8.76. The van der Waals surface area contributed by atoms with Crippen LogP contribution in [0.5, 0.6) is 0 Å². The van der Waals surface area contributed by atoms with E-state index in [0.717, 1.165) is 54.0 Å². The molecule has 1 fully saturated rings. The summed E-state index contributed by atoms with van der Waals surface area (Å²) in [6.07, 6.45) is 4.44. The van der Waals surface area contributed by atoms with E-state index in [1.807, 2.05) is 100 Å². The summed E-state index contributed by atoms with van der Waals surface area (Å²) >= 11 is 6.63. The lowest BCUT2D eigenvalue weighted by atomic mass is 10.0. The Balaban J connectivity index is 0.000000970. The molecule has 1 heterocycles. The van der Waals surface area contributed by atoms with Gasteiger partial charge in [0.05, 0.1) is 16.4 Å². The largest absolute Gasteiger partial charge is 0.360 e. The molecule has 0 aromatic heterocycles. The lowest BCUT2D eigenvalue weighted by Gasteiger charge is -2.25. The summed E-state index contributed by atoms with van der Waals surface area (Å²) in [5, 5.41) is 11.8. The molecule has 1 saturated heterocycles. The highest BCUT2D eigenvalue weighted by Gasteiger charge is 2.16. The zero-order valence-corrected chi connectivity index (χ0v) is 21.4. The van der Waals surface area contributed by atoms with Gasteiger partial charge in [0, 0.05) is 35.2 Å². The minimum Gasteiger partial charge on any atom is -0.360 e. The predicted molar refractivity (Wildman–Crippen MR) is 147 cm³/mol. The standard InChI is InChI=1S/C25H24ClN3O.2C2H6/c26-21-16-22(28-24-13-7-8-14-30-24)20(17-27)15-23(21)29-25(18-9-3-1-4-10-18)19-11-5-2-6-12-19;2*1-2/h1-6,9-12,15-17,24,27-28H,7-8,13-14H2;2*1-2H3. The first kappa shape index (κ1) is 27.3. The second-order valence-electron chi connectivity index (χ2n) is 7.23. The SMILES string of the molecule is CC.CC.N=Cc1cc(N=C(c2ccccc2)c2ccccc2)c(Cl)cc1NC1CCCCO1. The topological polar surface area (TPSA) is 57.5 Å². The molecule has 3 aromatic carbocycles. The molecule has 0 radical (unpaired) electrons. The number of hydrogen-bond acceptors (Lipinski definition) is 4. The van der Waals surface area contributed by atoms with Crippen molar-refractivity contribution in [3.63, 3.8) is 0 Å². The van der Waals surface area contributed by atoms with Gasteiger partial charge in [-0.05, 0) is 31.4 Å². The van der Waals surface area contributed by atoms with Crippen molar-refractivity contribution >= 4 is 34.9 Å². The maximum atomic E-state index is 7.88. The summed E-state index contributed by atoms with van der Waals surface area (Å²) in [5.41, 5.74) is 5.01. The zero-order valence-electron chi connectivity index (χ0n) is 20.6. The Bertz CT molecular complexity index is 989. The summed E-state index contributed by atoms with van der Waals surface area (Å²) < 4.78 is 5.77. The van der Waals surface area contributed by atoms with Gasteiger partial charge >= 0.3 is 0 Å². The third-order valence-electron chi connectivity index (χ3n) is 5.10. The van der Waals surface area contributed by atoms with Crippen LogP contribution in [0.25, 0.3) is 0 Å². The van der Waals surface area contributed by atoms with Gasteiger partial charge in [0.1, 0.15) is 6.23 Å². The van der Waals surface area contributed by atoms with Gasteiger partial charge in [0.15, 0.2) is 0 Å². The van der Waals surface area contributed by atoms with Crippen LogP contribution in [-0.4, -0.2) is 24.8 Å². The number of ether oxygens (including phenoxy) is 1. The molecule has 1 unspecified atom stereocenters. The maximum absolute atomic E-state index is 7.88. The monoisotopic (exact) mass is 477 g/mol. The van der Waals surface area contributed by atoms with Crippen LogP contribution in [0.1, 0.15) is 63.6 Å². The van der Waals surface area contributed by atoms with E-state index in [9.17, 15) is 0 Å². The number of anilines is 1. The van der Waals surface area contributed by atoms with Gasteiger partial charge in [-0.2, -0.15) is 0 Å². The zero-order chi connectivity index (χ0) is 24.8. The Morgan fingerprint density at radius 3 is 2.03 bits per heavy atom. The molecular formula is C29H36ClN3O. The summed E-state index contributed by atoms with van der Waals surface area (Å²) in [4.78, 5) is 4.92. The molecule has 4 rings (SSSR count). The van der Waals surface area contributed by atoms with E-state index >= 15 is 0 Å². The molecule has 0 aliphatic carbocycles. The molecule has 0 saturated carbocycles. The van der Waals surface area contributed by atoms with E-state index in [1.165, 1.54) is 6.21 Å². The number of nitrogens with zero attached hydrogens (tertiary/aromatic N) is 1. The van der Waals surface area contributed by atoms with Crippen LogP contribution >= 0.6 is 11.6 Å². The van der Waals surface area contributed by atoms with Gasteiger partial charge in [-0.25, -0.2) is 4.99 Å². The molecule has 5 heteroatoms. The van der Waals surface area contributed by atoms with Crippen molar-refractivity contribution < 1.29 is 4.74 Å². The Labute approximate surface area is 209 Å². The smallest absolute Gasteiger partial charge is 0.127 e. The van der Waals surface area contributed by atoms with Crippen molar-refractivity contribution in [2.24, 2.45) is 4.99 Å². The quantitative estimate of drug-likeness (QED) is 0.349. The molecule has 34 heavy (non-hydrogen) atoms. The Hall–Kier alpha value is -2.95. The maximum Gasteiger partial charge on any atom is 0.127 e. The van der Waals surface area contributed by atoms with Crippen molar-refractivity contribution in [3.8, 4) is 0 Å². The molecule has 2 N–H and O–H groups in total. The molecule has 3 aromatic rings. The van der Waals surface area contributed by atoms with Crippen molar-refractivity contribution in [3.05, 3.63) is 94.5 Å². The minimum absolute atomic E-state index is 0.0490. The number of benzene rings is 3. The Morgan fingerprint density at radius 1 is 0.941 bits per heavy atom. The first-order valence-electron chi connectivity index (χ1n) is 12.2. The summed E-state index contributed by atoms with van der Waals surface area (Å²) in [7, 11) is 0. The second kappa shape index (κ2) is 15.0. The summed E-state index contributed by atoms with van der Waals surface area (Å²) in [6, 6.07) is 23.8. The molecule has 0 amide bonds. The lowest BCUT2D eigenvalue weighted by molar-refractivity contribution is 0.0343. The van der Waals surface area contributed by atoms with Gasteiger partial charge in [-0.1, -0.05) is 100.0 Å². The van der Waals surface area contributed by atoms with Crippen LogP contribution in [0.2, 0.25) is 5.02 Å². The first-order chi connectivity index (χ1) is 16.7. The number of hydrogen-bond donors (Lipinski definition) is 2. The third-order valence-corrected chi connectivity index (χ3v) is 5.40. The average Bonchev–Trinajstić information content (AvgIpc) is 2.92. The van der Waals surface area contributed by atoms with Gasteiger partial charge < -0.3 is 15.5 Å². The minimum atomic E-state index is -0.0490. The average molecular weight is 478 g/mol. The van der Waals surface area contributed by atoms with E-state index in [4.69, 9.17) is 26.7 Å². The van der Waals surface area contributed by atoms with Gasteiger partial charge in [0.25, 0.3) is 0 Å². The van der Waals surface area contributed by atoms with Crippen LogP contribution in [0.15, 0.2) is 77.8 Å². The van der Waals surface area contributed by atoms with Gasteiger partial charge in [0.2, 0.25) is 0 Å². The van der Waals surface area contributed by atoms with Crippen molar-refractivity contribution in [2.45, 2.75) is 53.2 Å². The third kappa shape index (κ3) is 7.54. The summed E-state index contributed by atoms with van der Waals surface area (Å²) in [5.74, 6) is 0. The van der Waals surface area contributed by atoms with E-state index < -0.39 is 0 Å². The first-order valence-corrected chi connectivity index (χ1v) is 12.5. The second-order valence-corrected chi connectivity index (χ2v) is 7.63. The van der Waals surface area contributed by atoms with E-state index in [0.29, 0.717) is 10.7 Å². The normalized spacial score (nSPS) is 14.4. The molecule has 4 nitrogen and oxygen atoms in total. The molecule has 0 bridgehead atoms. The van der Waals surface area contributed by atoms with Crippen LogP contribution in [-0.2, 0) is 4.74 Å². The Kier molecular flexibility index (Phi) is 12.1. The van der Waals surface area contributed by atoms with Gasteiger partial charge in [-0.3, -0.25) is 0 Å². The predicted octanol–water partition coefficient (Wildman–Crippen LogP) is 8.50. The van der Waals surface area contributed by atoms with E-state index in [1.54, 1.807) is 0 Å². The number of nitrogens with one attached hydrogen (secondary N) is 2. The number of rotatable bonds is 6. The Morgan fingerprint density at radius 2 is 1.53 bits per heavy atom. The molecular weight excluding hydrogens is 442 g/mol. The lowest BCUT2D eigenvalue weighted by Crippen LogP contribution is -2.27. The molecule has 1 aliphatic heterocycles.